The number of carbonyl (C=O) groups excluding carboxylic acids is 2. The average Bonchev–Trinajstić information content (AvgIpc) is 3.15. The molecule has 0 saturated heterocycles. The van der Waals surface area contributed by atoms with Gasteiger partial charge in [-0.25, -0.2) is 4.79 Å². The highest BCUT2D eigenvalue weighted by atomic mass is 16.6. The third kappa shape index (κ3) is 8.37. The predicted octanol–water partition coefficient (Wildman–Crippen LogP) is 3.98. The quantitative estimate of drug-likeness (QED) is 0.553. The Hall–Kier alpha value is -2.34. The van der Waals surface area contributed by atoms with Crippen LogP contribution in [0, 0.1) is 11.8 Å². The molecule has 6 nitrogen and oxygen atoms in total. The number of aliphatic hydroxyl groups excluding tert-OH is 1. The summed E-state index contributed by atoms with van der Waals surface area (Å²) in [7, 11) is 0. The number of allylic oxidation sites excluding steroid dienone is 1. The standard InChI is InChI=1S/C25H38N2O4/c1-17(2)14-15-26-23(29)20-13-9-12-19(20)22(28)21(16-18-10-7-6-8-11-18)27-24(30)31-25(3,4)5/h6-8,10-11,13,17,19,21-22,28H,9,12,14-16H2,1-5H3,(H,26,29)(H,27,30). The molecule has 3 atom stereocenters. The minimum Gasteiger partial charge on any atom is -0.444 e. The number of carbonyl (C=O) groups is 2. The van der Waals surface area contributed by atoms with Gasteiger partial charge in [-0.15, -0.1) is 0 Å². The lowest BCUT2D eigenvalue weighted by Crippen LogP contribution is -2.50. The number of alkyl carbamates (subject to hydrolysis) is 1. The molecule has 3 N–H and O–H groups in total. The third-order valence-electron chi connectivity index (χ3n) is 5.34. The second kappa shape index (κ2) is 11.3. The molecule has 1 aliphatic rings. The van der Waals surface area contributed by atoms with E-state index in [0.29, 0.717) is 30.9 Å². The van der Waals surface area contributed by atoms with Gasteiger partial charge < -0.3 is 20.5 Å². The Morgan fingerprint density at radius 3 is 2.48 bits per heavy atom. The van der Waals surface area contributed by atoms with E-state index in [1.165, 1.54) is 0 Å². The van der Waals surface area contributed by atoms with Gasteiger partial charge in [0.2, 0.25) is 5.91 Å². The number of hydrogen-bond donors (Lipinski definition) is 3. The molecule has 0 aliphatic heterocycles. The Morgan fingerprint density at radius 2 is 1.87 bits per heavy atom. The van der Waals surface area contributed by atoms with Crippen molar-refractivity contribution in [2.24, 2.45) is 11.8 Å². The summed E-state index contributed by atoms with van der Waals surface area (Å²) < 4.78 is 5.41. The fourth-order valence-corrected chi connectivity index (χ4v) is 3.78. The minimum atomic E-state index is -0.905. The monoisotopic (exact) mass is 430 g/mol. The lowest BCUT2D eigenvalue weighted by Gasteiger charge is -2.31. The molecule has 1 aromatic rings. The molecular weight excluding hydrogens is 392 g/mol. The summed E-state index contributed by atoms with van der Waals surface area (Å²) in [5.74, 6) is 0.0492. The number of amides is 2. The summed E-state index contributed by atoms with van der Waals surface area (Å²) in [6.07, 6.45) is 3.19. The van der Waals surface area contributed by atoms with Gasteiger partial charge in [0.05, 0.1) is 12.1 Å². The van der Waals surface area contributed by atoms with Crippen molar-refractivity contribution >= 4 is 12.0 Å². The van der Waals surface area contributed by atoms with Crippen molar-refractivity contribution in [2.75, 3.05) is 6.54 Å². The van der Waals surface area contributed by atoms with E-state index in [1.807, 2.05) is 36.4 Å². The van der Waals surface area contributed by atoms with Gasteiger partial charge in [-0.1, -0.05) is 50.3 Å². The zero-order valence-electron chi connectivity index (χ0n) is 19.5. The van der Waals surface area contributed by atoms with Crippen LogP contribution in [0.2, 0.25) is 0 Å². The van der Waals surface area contributed by atoms with Gasteiger partial charge >= 0.3 is 6.09 Å². The molecule has 0 heterocycles. The highest BCUT2D eigenvalue weighted by Crippen LogP contribution is 2.31. The van der Waals surface area contributed by atoms with Gasteiger partial charge in [0.1, 0.15) is 5.60 Å². The van der Waals surface area contributed by atoms with Crippen molar-refractivity contribution in [2.45, 2.75) is 78.0 Å². The molecule has 0 spiro atoms. The zero-order valence-corrected chi connectivity index (χ0v) is 19.5. The van der Waals surface area contributed by atoms with Crippen LogP contribution in [0.1, 0.15) is 59.4 Å². The molecule has 0 radical (unpaired) electrons. The largest absolute Gasteiger partial charge is 0.444 e. The summed E-state index contributed by atoms with van der Waals surface area (Å²) in [5.41, 5.74) is 0.967. The highest BCUT2D eigenvalue weighted by Gasteiger charge is 2.36. The van der Waals surface area contributed by atoms with Gasteiger partial charge in [0.15, 0.2) is 0 Å². The Labute approximate surface area is 186 Å². The summed E-state index contributed by atoms with van der Waals surface area (Å²) in [5, 5.41) is 17.1. The van der Waals surface area contributed by atoms with E-state index in [4.69, 9.17) is 4.74 Å². The van der Waals surface area contributed by atoms with Crippen LogP contribution in [-0.2, 0) is 16.0 Å². The fourth-order valence-electron chi connectivity index (χ4n) is 3.78. The topological polar surface area (TPSA) is 87.7 Å². The van der Waals surface area contributed by atoms with Crippen LogP contribution in [0.3, 0.4) is 0 Å². The molecule has 172 valence electrons. The van der Waals surface area contributed by atoms with E-state index in [0.717, 1.165) is 18.4 Å². The van der Waals surface area contributed by atoms with Crippen LogP contribution in [0.15, 0.2) is 42.0 Å². The maximum absolute atomic E-state index is 12.7. The lowest BCUT2D eigenvalue weighted by molar-refractivity contribution is -0.118. The third-order valence-corrected chi connectivity index (χ3v) is 5.34. The predicted molar refractivity (Wildman–Crippen MR) is 123 cm³/mol. The molecule has 2 rings (SSSR count). The van der Waals surface area contributed by atoms with E-state index in [2.05, 4.69) is 24.5 Å². The first-order valence-corrected chi connectivity index (χ1v) is 11.3. The Bertz CT molecular complexity index is 753. The molecule has 0 bridgehead atoms. The number of ether oxygens (including phenoxy) is 1. The molecule has 1 aliphatic carbocycles. The van der Waals surface area contributed by atoms with Crippen LogP contribution < -0.4 is 10.6 Å². The normalized spacial score (nSPS) is 18.3. The van der Waals surface area contributed by atoms with Gasteiger partial charge in [-0.05, 0) is 57.9 Å². The molecule has 6 heteroatoms. The molecular formula is C25H38N2O4. The number of rotatable bonds is 9. The van der Waals surface area contributed by atoms with Gasteiger partial charge in [-0.3, -0.25) is 4.79 Å². The lowest BCUT2D eigenvalue weighted by atomic mass is 9.87. The van der Waals surface area contributed by atoms with E-state index in [1.54, 1.807) is 20.8 Å². The van der Waals surface area contributed by atoms with Gasteiger partial charge in [0, 0.05) is 18.0 Å². The number of nitrogens with one attached hydrogen (secondary N) is 2. The number of benzene rings is 1. The zero-order chi connectivity index (χ0) is 23.0. The molecule has 31 heavy (non-hydrogen) atoms. The molecule has 3 unspecified atom stereocenters. The second-order valence-electron chi connectivity index (χ2n) is 9.71. The first-order chi connectivity index (χ1) is 14.6. The average molecular weight is 431 g/mol. The Balaban J connectivity index is 2.12. The van der Waals surface area contributed by atoms with E-state index in [-0.39, 0.29) is 11.8 Å². The van der Waals surface area contributed by atoms with Crippen LogP contribution in [0.4, 0.5) is 4.79 Å². The van der Waals surface area contributed by atoms with Crippen molar-refractivity contribution in [1.29, 1.82) is 0 Å². The molecule has 0 fully saturated rings. The number of hydrogen-bond acceptors (Lipinski definition) is 4. The summed E-state index contributed by atoms with van der Waals surface area (Å²) in [6.45, 7) is 10.2. The summed E-state index contributed by atoms with van der Waals surface area (Å²) in [4.78, 5) is 25.2. The van der Waals surface area contributed by atoms with Crippen molar-refractivity contribution in [3.05, 3.63) is 47.5 Å². The van der Waals surface area contributed by atoms with E-state index >= 15 is 0 Å². The SMILES string of the molecule is CC(C)CCNC(=O)C1=CCCC1C(O)C(Cc1ccccc1)NC(=O)OC(C)(C)C. The van der Waals surface area contributed by atoms with Crippen LogP contribution >= 0.6 is 0 Å². The van der Waals surface area contributed by atoms with Crippen molar-refractivity contribution in [3.8, 4) is 0 Å². The van der Waals surface area contributed by atoms with Crippen molar-refractivity contribution < 1.29 is 19.4 Å². The maximum Gasteiger partial charge on any atom is 0.407 e. The van der Waals surface area contributed by atoms with Gasteiger partial charge in [-0.2, -0.15) is 0 Å². The Morgan fingerprint density at radius 1 is 1.19 bits per heavy atom. The van der Waals surface area contributed by atoms with Crippen LogP contribution in [0.25, 0.3) is 0 Å². The van der Waals surface area contributed by atoms with Gasteiger partial charge in [0.25, 0.3) is 0 Å². The smallest absolute Gasteiger partial charge is 0.407 e. The first kappa shape index (κ1) is 24.9. The maximum atomic E-state index is 12.7. The minimum absolute atomic E-state index is 0.127. The van der Waals surface area contributed by atoms with Crippen LogP contribution in [-0.4, -0.2) is 41.4 Å². The fraction of sp³-hybridized carbons (Fsp3) is 0.600. The molecule has 2 amide bonds. The van der Waals surface area contributed by atoms with E-state index < -0.39 is 23.8 Å². The van der Waals surface area contributed by atoms with Crippen molar-refractivity contribution in [1.82, 2.24) is 10.6 Å². The summed E-state index contributed by atoms with van der Waals surface area (Å²) in [6, 6.07) is 9.12. The summed E-state index contributed by atoms with van der Waals surface area (Å²) >= 11 is 0. The first-order valence-electron chi connectivity index (χ1n) is 11.3. The Kier molecular flexibility index (Phi) is 9.11. The van der Waals surface area contributed by atoms with E-state index in [9.17, 15) is 14.7 Å². The van der Waals surface area contributed by atoms with Crippen molar-refractivity contribution in [3.63, 3.8) is 0 Å². The molecule has 1 aromatic carbocycles. The highest BCUT2D eigenvalue weighted by molar-refractivity contribution is 5.94. The number of aliphatic hydroxyl groups is 1. The van der Waals surface area contributed by atoms with Crippen LogP contribution in [0.5, 0.6) is 0 Å². The second-order valence-corrected chi connectivity index (χ2v) is 9.71. The molecule has 0 saturated carbocycles. The molecule has 0 aromatic heterocycles.